The SMILES string of the molecule is c1cnn(CCN2CCC(c3nnc4ccc(-n5cccn5)nn34)CC2)c1. The maximum absolute atomic E-state index is 4.71. The first kappa shape index (κ1) is 16.1. The van der Waals surface area contributed by atoms with Gasteiger partial charge in [0.15, 0.2) is 17.3 Å². The highest BCUT2D eigenvalue weighted by Gasteiger charge is 2.25. The average Bonchev–Trinajstić information content (AvgIpc) is 3.48. The minimum Gasteiger partial charge on any atom is -0.301 e. The Morgan fingerprint density at radius 1 is 0.926 bits per heavy atom. The normalized spacial score (nSPS) is 16.3. The predicted octanol–water partition coefficient (Wildman–Crippen LogP) is 1.39. The fourth-order valence-electron chi connectivity index (χ4n) is 3.67. The second-order valence-corrected chi connectivity index (χ2v) is 6.86. The molecule has 0 aliphatic carbocycles. The molecule has 4 aromatic rings. The van der Waals surface area contributed by atoms with Crippen molar-refractivity contribution < 1.29 is 0 Å². The summed E-state index contributed by atoms with van der Waals surface area (Å²) in [5.74, 6) is 2.09. The van der Waals surface area contributed by atoms with Crippen LogP contribution in [0.3, 0.4) is 0 Å². The van der Waals surface area contributed by atoms with Crippen LogP contribution in [0.4, 0.5) is 0 Å². The van der Waals surface area contributed by atoms with Crippen LogP contribution in [0.15, 0.2) is 49.1 Å². The summed E-state index contributed by atoms with van der Waals surface area (Å²) >= 11 is 0. The van der Waals surface area contributed by atoms with Gasteiger partial charge in [-0.05, 0) is 50.2 Å². The van der Waals surface area contributed by atoms with Crippen LogP contribution < -0.4 is 0 Å². The Morgan fingerprint density at radius 2 is 1.78 bits per heavy atom. The van der Waals surface area contributed by atoms with E-state index in [1.54, 1.807) is 10.9 Å². The summed E-state index contributed by atoms with van der Waals surface area (Å²) in [5.41, 5.74) is 0.780. The molecule has 9 nitrogen and oxygen atoms in total. The number of rotatable bonds is 5. The van der Waals surface area contributed by atoms with E-state index in [4.69, 9.17) is 5.10 Å². The zero-order valence-corrected chi connectivity index (χ0v) is 15.0. The first-order valence-electron chi connectivity index (χ1n) is 9.29. The van der Waals surface area contributed by atoms with Gasteiger partial charge in [0.1, 0.15) is 0 Å². The number of aromatic nitrogens is 8. The zero-order chi connectivity index (χ0) is 18.1. The van der Waals surface area contributed by atoms with Crippen LogP contribution in [-0.2, 0) is 6.54 Å². The third-order valence-corrected chi connectivity index (χ3v) is 5.17. The summed E-state index contributed by atoms with van der Waals surface area (Å²) in [6.45, 7) is 4.07. The van der Waals surface area contributed by atoms with E-state index in [1.807, 2.05) is 52.1 Å². The molecule has 0 aromatic carbocycles. The monoisotopic (exact) mass is 363 g/mol. The van der Waals surface area contributed by atoms with E-state index in [-0.39, 0.29) is 0 Å². The molecule has 4 aromatic heterocycles. The van der Waals surface area contributed by atoms with Crippen LogP contribution in [0.5, 0.6) is 0 Å². The molecule has 0 radical (unpaired) electrons. The van der Waals surface area contributed by atoms with Gasteiger partial charge in [-0.25, -0.2) is 4.68 Å². The van der Waals surface area contributed by atoms with Gasteiger partial charge in [0.25, 0.3) is 0 Å². The van der Waals surface area contributed by atoms with E-state index in [2.05, 4.69) is 25.3 Å². The van der Waals surface area contributed by atoms with Gasteiger partial charge in [-0.2, -0.15) is 14.7 Å². The molecule has 0 bridgehead atoms. The predicted molar refractivity (Wildman–Crippen MR) is 98.5 cm³/mol. The molecule has 1 fully saturated rings. The van der Waals surface area contributed by atoms with Crippen LogP contribution >= 0.6 is 0 Å². The third kappa shape index (κ3) is 3.21. The Kier molecular flexibility index (Phi) is 4.13. The summed E-state index contributed by atoms with van der Waals surface area (Å²) in [4.78, 5) is 2.49. The van der Waals surface area contributed by atoms with E-state index in [0.29, 0.717) is 5.92 Å². The fraction of sp³-hybridized carbons (Fsp3) is 0.389. The lowest BCUT2D eigenvalue weighted by Crippen LogP contribution is -2.35. The molecule has 5 rings (SSSR count). The van der Waals surface area contributed by atoms with Crippen molar-refractivity contribution in [3.63, 3.8) is 0 Å². The van der Waals surface area contributed by atoms with Crippen molar-refractivity contribution in [2.45, 2.75) is 25.3 Å². The summed E-state index contributed by atoms with van der Waals surface area (Å²) in [7, 11) is 0. The molecular weight excluding hydrogens is 342 g/mol. The van der Waals surface area contributed by atoms with E-state index < -0.39 is 0 Å². The van der Waals surface area contributed by atoms with Crippen molar-refractivity contribution in [1.82, 2.24) is 44.3 Å². The molecule has 0 N–H and O–H groups in total. The second kappa shape index (κ2) is 6.92. The molecule has 0 saturated carbocycles. The molecule has 138 valence electrons. The number of nitrogens with zero attached hydrogens (tertiary/aromatic N) is 9. The largest absolute Gasteiger partial charge is 0.301 e. The lowest BCUT2D eigenvalue weighted by molar-refractivity contribution is 0.199. The highest BCUT2D eigenvalue weighted by molar-refractivity contribution is 5.39. The van der Waals surface area contributed by atoms with Crippen molar-refractivity contribution in [2.24, 2.45) is 0 Å². The Labute approximate surface area is 156 Å². The van der Waals surface area contributed by atoms with E-state index >= 15 is 0 Å². The maximum Gasteiger partial charge on any atom is 0.178 e. The van der Waals surface area contributed by atoms with Crippen molar-refractivity contribution in [3.05, 3.63) is 54.9 Å². The first-order valence-corrected chi connectivity index (χ1v) is 9.29. The smallest absolute Gasteiger partial charge is 0.178 e. The van der Waals surface area contributed by atoms with Gasteiger partial charge >= 0.3 is 0 Å². The maximum atomic E-state index is 4.71. The van der Waals surface area contributed by atoms with Crippen LogP contribution in [-0.4, -0.2) is 63.9 Å². The van der Waals surface area contributed by atoms with Crippen molar-refractivity contribution in [1.29, 1.82) is 0 Å². The zero-order valence-electron chi connectivity index (χ0n) is 15.0. The standard InChI is InChI=1S/C18H21N9/c1-7-19-25(9-1)14-13-24-11-5-15(6-12-24)18-22-21-16-3-4-17(23-27(16)18)26-10-2-8-20-26/h1-4,7-10,15H,5-6,11-14H2. The number of likely N-dealkylation sites (tertiary alicyclic amines) is 1. The number of piperidine rings is 1. The molecule has 9 heteroatoms. The fourth-order valence-corrected chi connectivity index (χ4v) is 3.67. The van der Waals surface area contributed by atoms with Gasteiger partial charge in [0.2, 0.25) is 0 Å². The van der Waals surface area contributed by atoms with Gasteiger partial charge < -0.3 is 4.90 Å². The van der Waals surface area contributed by atoms with Crippen LogP contribution in [0.1, 0.15) is 24.6 Å². The summed E-state index contributed by atoms with van der Waals surface area (Å²) in [6, 6.07) is 7.71. The lowest BCUT2D eigenvalue weighted by atomic mass is 9.96. The summed E-state index contributed by atoms with van der Waals surface area (Å²) < 4.78 is 5.61. The van der Waals surface area contributed by atoms with Gasteiger partial charge in [0.05, 0.1) is 6.54 Å². The lowest BCUT2D eigenvalue weighted by Gasteiger charge is -2.30. The van der Waals surface area contributed by atoms with Crippen molar-refractivity contribution in [3.8, 4) is 5.82 Å². The number of hydrogen-bond acceptors (Lipinski definition) is 6. The molecular formula is C18H21N9. The molecule has 0 atom stereocenters. The highest BCUT2D eigenvalue weighted by Crippen LogP contribution is 2.26. The molecule has 1 aliphatic heterocycles. The van der Waals surface area contributed by atoms with Gasteiger partial charge in [-0.1, -0.05) is 0 Å². The number of hydrogen-bond donors (Lipinski definition) is 0. The summed E-state index contributed by atoms with van der Waals surface area (Å²) in [6.07, 6.45) is 9.60. The highest BCUT2D eigenvalue weighted by atomic mass is 15.4. The molecule has 1 aliphatic rings. The molecule has 0 amide bonds. The van der Waals surface area contributed by atoms with Crippen LogP contribution in [0.25, 0.3) is 11.5 Å². The molecule has 27 heavy (non-hydrogen) atoms. The molecule has 0 unspecified atom stereocenters. The van der Waals surface area contributed by atoms with Crippen LogP contribution in [0, 0.1) is 0 Å². The van der Waals surface area contributed by atoms with Crippen molar-refractivity contribution >= 4 is 5.65 Å². The second-order valence-electron chi connectivity index (χ2n) is 6.86. The average molecular weight is 363 g/mol. The Balaban J connectivity index is 1.29. The third-order valence-electron chi connectivity index (χ3n) is 5.17. The Bertz CT molecular complexity index is 995. The van der Waals surface area contributed by atoms with Gasteiger partial charge in [-0.3, -0.25) is 4.68 Å². The number of fused-ring (bicyclic) bond motifs is 1. The Morgan fingerprint density at radius 3 is 2.56 bits per heavy atom. The Hall–Kier alpha value is -3.07. The van der Waals surface area contributed by atoms with E-state index in [1.165, 1.54) is 0 Å². The van der Waals surface area contributed by atoms with Crippen LogP contribution in [0.2, 0.25) is 0 Å². The minimum atomic E-state index is 0.376. The minimum absolute atomic E-state index is 0.376. The summed E-state index contributed by atoms with van der Waals surface area (Å²) in [5, 5.41) is 22.0. The molecule has 5 heterocycles. The van der Waals surface area contributed by atoms with E-state index in [0.717, 1.165) is 56.3 Å². The molecule has 1 saturated heterocycles. The van der Waals surface area contributed by atoms with Crippen molar-refractivity contribution in [2.75, 3.05) is 19.6 Å². The molecule has 0 spiro atoms. The topological polar surface area (TPSA) is 82.0 Å². The van der Waals surface area contributed by atoms with Gasteiger partial charge in [0, 0.05) is 37.3 Å². The quantitative estimate of drug-likeness (QED) is 0.533. The van der Waals surface area contributed by atoms with E-state index in [9.17, 15) is 0 Å². The first-order chi connectivity index (χ1) is 13.4. The van der Waals surface area contributed by atoms with Gasteiger partial charge in [-0.15, -0.1) is 15.3 Å².